The van der Waals surface area contributed by atoms with Crippen molar-refractivity contribution < 1.29 is 10.0 Å². The number of hydrogen-bond acceptors (Lipinski definition) is 1. The Morgan fingerprint density at radius 2 is 1.73 bits per heavy atom. The Balaban J connectivity index is 2.41. The fraction of sp³-hybridized carbons (Fsp3) is 0.846. The van der Waals surface area contributed by atoms with Gasteiger partial charge in [0.15, 0.2) is 0 Å². The summed E-state index contributed by atoms with van der Waals surface area (Å²) in [6, 6.07) is 0. The second-order valence-electron chi connectivity index (χ2n) is 4.53. The normalized spacial score (nSPS) is 19.7. The van der Waals surface area contributed by atoms with E-state index in [0.29, 0.717) is 0 Å². The molecule has 0 aromatic rings. The Morgan fingerprint density at radius 1 is 1.13 bits per heavy atom. The molecular formula is C13H24NO+. The van der Waals surface area contributed by atoms with Crippen molar-refractivity contribution in [3.63, 3.8) is 0 Å². The monoisotopic (exact) mass is 210 g/mol. The van der Waals surface area contributed by atoms with Crippen LogP contribution in [0.1, 0.15) is 46.0 Å². The maximum absolute atomic E-state index is 10.1. The fourth-order valence-corrected chi connectivity index (χ4v) is 2.10. The van der Waals surface area contributed by atoms with Crippen molar-refractivity contribution in [2.24, 2.45) is 0 Å². The molecule has 0 spiro atoms. The van der Waals surface area contributed by atoms with Gasteiger partial charge in [0.2, 0.25) is 0 Å². The van der Waals surface area contributed by atoms with Crippen LogP contribution in [0.2, 0.25) is 0 Å². The predicted octanol–water partition coefficient (Wildman–Crippen LogP) is 0.610. The summed E-state index contributed by atoms with van der Waals surface area (Å²) in [4.78, 5) is 1.49. The largest absolute Gasteiger partial charge is 0.378 e. The molecule has 0 bridgehead atoms. The van der Waals surface area contributed by atoms with E-state index < -0.39 is 5.60 Å². The van der Waals surface area contributed by atoms with Crippen LogP contribution in [0, 0.1) is 11.8 Å². The van der Waals surface area contributed by atoms with Crippen LogP contribution in [0.3, 0.4) is 0 Å². The quantitative estimate of drug-likeness (QED) is 0.656. The summed E-state index contributed by atoms with van der Waals surface area (Å²) in [5.41, 5.74) is -0.662. The van der Waals surface area contributed by atoms with Gasteiger partial charge in [0.1, 0.15) is 12.1 Å². The first-order valence-corrected chi connectivity index (χ1v) is 6.26. The van der Waals surface area contributed by atoms with E-state index in [9.17, 15) is 5.11 Å². The van der Waals surface area contributed by atoms with Gasteiger partial charge in [0.25, 0.3) is 0 Å². The van der Waals surface area contributed by atoms with Crippen molar-refractivity contribution in [3.8, 4) is 11.8 Å². The van der Waals surface area contributed by atoms with Crippen molar-refractivity contribution in [1.82, 2.24) is 0 Å². The number of hydrogen-bond donors (Lipinski definition) is 2. The van der Waals surface area contributed by atoms with Crippen molar-refractivity contribution >= 4 is 0 Å². The van der Waals surface area contributed by atoms with E-state index in [2.05, 4.69) is 25.7 Å². The summed E-state index contributed by atoms with van der Waals surface area (Å²) in [5, 5.41) is 10.1. The minimum absolute atomic E-state index is 0.662. The molecule has 2 nitrogen and oxygen atoms in total. The Labute approximate surface area is 93.7 Å². The molecule has 86 valence electrons. The van der Waals surface area contributed by atoms with Gasteiger partial charge in [-0.25, -0.2) is 0 Å². The van der Waals surface area contributed by atoms with Gasteiger partial charge in [-0.15, -0.1) is 0 Å². The molecule has 1 aliphatic carbocycles. The summed E-state index contributed by atoms with van der Waals surface area (Å²) in [7, 11) is 0. The van der Waals surface area contributed by atoms with Gasteiger partial charge < -0.3 is 10.0 Å². The van der Waals surface area contributed by atoms with Crippen LogP contribution in [0.4, 0.5) is 0 Å². The van der Waals surface area contributed by atoms with Crippen LogP contribution in [0.15, 0.2) is 0 Å². The highest BCUT2D eigenvalue weighted by atomic mass is 16.3. The average molecular weight is 210 g/mol. The molecule has 0 atom stereocenters. The number of quaternary nitrogens is 1. The second kappa shape index (κ2) is 6.15. The Kier molecular flexibility index (Phi) is 5.14. The van der Waals surface area contributed by atoms with Crippen LogP contribution in [-0.2, 0) is 0 Å². The van der Waals surface area contributed by atoms with Crippen LogP contribution in [0.25, 0.3) is 0 Å². The topological polar surface area (TPSA) is 24.7 Å². The van der Waals surface area contributed by atoms with E-state index >= 15 is 0 Å². The lowest BCUT2D eigenvalue weighted by molar-refractivity contribution is -0.889. The molecule has 0 aromatic carbocycles. The van der Waals surface area contributed by atoms with Gasteiger partial charge in [0.05, 0.1) is 13.1 Å². The molecule has 1 saturated carbocycles. The predicted molar refractivity (Wildman–Crippen MR) is 62.7 cm³/mol. The maximum atomic E-state index is 10.1. The van der Waals surface area contributed by atoms with Gasteiger partial charge in [-0.3, -0.25) is 0 Å². The fourth-order valence-electron chi connectivity index (χ4n) is 2.10. The highest BCUT2D eigenvalue weighted by molar-refractivity contribution is 5.14. The molecule has 2 N–H and O–H groups in total. The summed E-state index contributed by atoms with van der Waals surface area (Å²) in [5.74, 6) is 6.24. The van der Waals surface area contributed by atoms with Gasteiger partial charge in [0, 0.05) is 0 Å². The van der Waals surface area contributed by atoms with Crippen molar-refractivity contribution in [2.45, 2.75) is 51.6 Å². The van der Waals surface area contributed by atoms with Gasteiger partial charge in [-0.05, 0) is 45.5 Å². The highest BCUT2D eigenvalue weighted by Gasteiger charge is 2.26. The zero-order chi connectivity index (χ0) is 11.1. The first-order valence-electron chi connectivity index (χ1n) is 6.26. The highest BCUT2D eigenvalue weighted by Crippen LogP contribution is 2.26. The molecule has 1 rings (SSSR count). The van der Waals surface area contributed by atoms with Crippen LogP contribution in [-0.4, -0.2) is 30.3 Å². The molecule has 2 heteroatoms. The molecule has 1 fully saturated rings. The summed E-state index contributed by atoms with van der Waals surface area (Å²) >= 11 is 0. The summed E-state index contributed by atoms with van der Waals surface area (Å²) in [6.45, 7) is 7.45. The lowest BCUT2D eigenvalue weighted by Gasteiger charge is -2.26. The third kappa shape index (κ3) is 4.24. The van der Waals surface area contributed by atoms with Gasteiger partial charge >= 0.3 is 0 Å². The molecule has 0 radical (unpaired) electrons. The standard InChI is InChI=1S/C13H23NO/c1-3-14(4-2)12-8-11-13(15)9-6-5-7-10-13/h15H,3-7,9-10,12H2,1-2H3/p+1. The SMILES string of the molecule is CC[NH+](CC)CC#CC1(O)CCCCC1. The first-order chi connectivity index (χ1) is 7.20. The van der Waals surface area contributed by atoms with Crippen molar-refractivity contribution in [2.75, 3.05) is 19.6 Å². The zero-order valence-corrected chi connectivity index (χ0v) is 10.1. The number of aliphatic hydroxyl groups is 1. The minimum Gasteiger partial charge on any atom is -0.378 e. The third-order valence-corrected chi connectivity index (χ3v) is 3.34. The first kappa shape index (κ1) is 12.5. The lowest BCUT2D eigenvalue weighted by atomic mass is 9.85. The lowest BCUT2D eigenvalue weighted by Crippen LogP contribution is -3.11. The minimum atomic E-state index is -0.662. The molecule has 0 amide bonds. The summed E-state index contributed by atoms with van der Waals surface area (Å²) in [6.07, 6.45) is 5.25. The molecule has 0 aliphatic heterocycles. The molecule has 0 aromatic heterocycles. The molecule has 15 heavy (non-hydrogen) atoms. The van der Waals surface area contributed by atoms with E-state index in [1.165, 1.54) is 11.3 Å². The van der Waals surface area contributed by atoms with Crippen molar-refractivity contribution in [3.05, 3.63) is 0 Å². The second-order valence-corrected chi connectivity index (χ2v) is 4.53. The van der Waals surface area contributed by atoms with E-state index in [1.807, 2.05) is 0 Å². The molecule has 0 unspecified atom stereocenters. The number of rotatable bonds is 3. The van der Waals surface area contributed by atoms with E-state index in [0.717, 1.165) is 45.3 Å². The molecular weight excluding hydrogens is 186 g/mol. The van der Waals surface area contributed by atoms with Gasteiger partial charge in [-0.2, -0.15) is 0 Å². The maximum Gasteiger partial charge on any atom is 0.139 e. The Bertz CT molecular complexity index is 229. The zero-order valence-electron chi connectivity index (χ0n) is 10.1. The van der Waals surface area contributed by atoms with Gasteiger partial charge in [-0.1, -0.05) is 12.3 Å². The van der Waals surface area contributed by atoms with E-state index in [4.69, 9.17) is 0 Å². The Morgan fingerprint density at radius 3 is 2.27 bits per heavy atom. The molecule has 0 saturated heterocycles. The van der Waals surface area contributed by atoms with Crippen LogP contribution < -0.4 is 4.90 Å². The summed E-state index contributed by atoms with van der Waals surface area (Å²) < 4.78 is 0. The molecule has 1 aliphatic rings. The van der Waals surface area contributed by atoms with Crippen LogP contribution in [0.5, 0.6) is 0 Å². The molecule has 0 heterocycles. The van der Waals surface area contributed by atoms with Crippen LogP contribution >= 0.6 is 0 Å². The Hall–Kier alpha value is -0.520. The van der Waals surface area contributed by atoms with E-state index in [1.54, 1.807) is 0 Å². The number of nitrogens with one attached hydrogen (secondary N) is 1. The van der Waals surface area contributed by atoms with Crippen molar-refractivity contribution in [1.29, 1.82) is 0 Å². The van der Waals surface area contributed by atoms with E-state index in [-0.39, 0.29) is 0 Å². The average Bonchev–Trinajstić information content (AvgIpc) is 2.25. The third-order valence-electron chi connectivity index (χ3n) is 3.34. The smallest absolute Gasteiger partial charge is 0.139 e.